The summed E-state index contributed by atoms with van der Waals surface area (Å²) in [6.45, 7) is 0.550. The lowest BCUT2D eigenvalue weighted by Crippen LogP contribution is -2.58. The summed E-state index contributed by atoms with van der Waals surface area (Å²) in [4.78, 5) is 38.8. The third kappa shape index (κ3) is 6.27. The highest BCUT2D eigenvalue weighted by atomic mass is 16.6. The number of carboxylic acid groups (broad SMARTS) is 1. The van der Waals surface area contributed by atoms with Crippen LogP contribution in [-0.2, 0) is 14.4 Å². The van der Waals surface area contributed by atoms with Crippen LogP contribution in [-0.4, -0.2) is 69.7 Å². The van der Waals surface area contributed by atoms with Gasteiger partial charge in [-0.2, -0.15) is 0 Å². The van der Waals surface area contributed by atoms with Crippen LogP contribution < -0.4 is 5.56 Å². The standard InChI is InChI=1S/C33H46N4O5/c1-41-15-16-42-35-29(13-14-31(38)39)32-33(40)37(30-12-5-4-11-28(30)34-32)27-20-24-9-6-10-25(21-27)36(24)26-18-22-7-2-3-8-23(17-22)19-26/h4-5,11-12,22-27H,2-3,6-10,13-21H2,1H3,(H,38,39)/b35-29+/t22?,23?,24-,25+,26?,27+. The lowest BCUT2D eigenvalue weighted by atomic mass is 9.73. The number of benzene rings is 1. The molecule has 2 saturated carbocycles. The molecule has 9 heteroatoms. The van der Waals surface area contributed by atoms with E-state index in [2.05, 4.69) is 10.1 Å². The summed E-state index contributed by atoms with van der Waals surface area (Å²) >= 11 is 0. The van der Waals surface area contributed by atoms with E-state index in [-0.39, 0.29) is 42.5 Å². The number of methoxy groups -OCH3 is 1. The number of aliphatic carboxylic acids is 1. The molecule has 42 heavy (non-hydrogen) atoms. The molecule has 1 aromatic carbocycles. The molecule has 228 valence electrons. The van der Waals surface area contributed by atoms with Crippen molar-refractivity contribution in [2.75, 3.05) is 20.3 Å². The number of rotatable bonds is 10. The van der Waals surface area contributed by atoms with E-state index in [1.807, 2.05) is 28.8 Å². The minimum Gasteiger partial charge on any atom is -0.481 e. The normalized spacial score (nSPS) is 30.2. The molecule has 0 spiro atoms. The lowest BCUT2D eigenvalue weighted by Gasteiger charge is -2.54. The molecule has 9 nitrogen and oxygen atoms in total. The van der Waals surface area contributed by atoms with Crippen molar-refractivity contribution in [1.29, 1.82) is 0 Å². The Morgan fingerprint density at radius 2 is 1.62 bits per heavy atom. The average molecular weight is 579 g/mol. The number of carboxylic acids is 1. The van der Waals surface area contributed by atoms with Crippen LogP contribution in [0, 0.1) is 11.8 Å². The average Bonchev–Trinajstić information content (AvgIpc) is 3.15. The van der Waals surface area contributed by atoms with E-state index >= 15 is 0 Å². The second-order valence-electron chi connectivity index (χ2n) is 13.1. The van der Waals surface area contributed by atoms with Crippen LogP contribution in [0.15, 0.2) is 34.2 Å². The molecule has 6 rings (SSSR count). The monoisotopic (exact) mass is 578 g/mol. The van der Waals surface area contributed by atoms with Crippen molar-refractivity contribution in [3.63, 3.8) is 0 Å². The van der Waals surface area contributed by atoms with Gasteiger partial charge in [0.25, 0.3) is 5.56 Å². The van der Waals surface area contributed by atoms with Gasteiger partial charge in [-0.15, -0.1) is 0 Å². The zero-order valence-corrected chi connectivity index (χ0v) is 25.0. The van der Waals surface area contributed by atoms with E-state index in [1.165, 1.54) is 64.2 Å². The van der Waals surface area contributed by atoms with Crippen LogP contribution in [0.3, 0.4) is 0 Å². The zero-order valence-electron chi connectivity index (χ0n) is 25.0. The van der Waals surface area contributed by atoms with Gasteiger partial charge >= 0.3 is 5.97 Å². The van der Waals surface area contributed by atoms with E-state index in [1.54, 1.807) is 7.11 Å². The molecule has 0 radical (unpaired) electrons. The van der Waals surface area contributed by atoms with Crippen LogP contribution in [0.2, 0.25) is 0 Å². The highest BCUT2D eigenvalue weighted by Crippen LogP contribution is 2.47. The number of oxime groups is 1. The molecule has 5 atom stereocenters. The first-order chi connectivity index (χ1) is 20.5. The molecule has 0 amide bonds. The maximum atomic E-state index is 14.3. The molecule has 2 aliphatic heterocycles. The second kappa shape index (κ2) is 13.2. The quantitative estimate of drug-likeness (QED) is 0.224. The fourth-order valence-electron chi connectivity index (χ4n) is 8.69. The molecule has 4 bridgehead atoms. The summed E-state index contributed by atoms with van der Waals surface area (Å²) in [5, 5.41) is 13.6. The smallest absolute Gasteiger partial charge is 0.303 e. The Balaban J connectivity index is 1.33. The minimum absolute atomic E-state index is 0.0661. The fourth-order valence-corrected chi connectivity index (χ4v) is 8.69. The second-order valence-corrected chi connectivity index (χ2v) is 13.1. The number of carbonyl (C=O) groups is 1. The van der Waals surface area contributed by atoms with Gasteiger partial charge < -0.3 is 19.2 Å². The molecular formula is C33H46N4O5. The van der Waals surface area contributed by atoms with Crippen LogP contribution in [0.5, 0.6) is 0 Å². The summed E-state index contributed by atoms with van der Waals surface area (Å²) in [6, 6.07) is 9.55. The van der Waals surface area contributed by atoms with Crippen molar-refractivity contribution in [3.05, 3.63) is 40.3 Å². The van der Waals surface area contributed by atoms with E-state index < -0.39 is 5.97 Å². The Labute approximate surface area is 248 Å². The predicted octanol–water partition coefficient (Wildman–Crippen LogP) is 5.55. The maximum absolute atomic E-state index is 14.3. The summed E-state index contributed by atoms with van der Waals surface area (Å²) in [5.41, 5.74) is 1.82. The third-order valence-electron chi connectivity index (χ3n) is 10.3. The van der Waals surface area contributed by atoms with Gasteiger partial charge in [0.2, 0.25) is 0 Å². The third-order valence-corrected chi connectivity index (χ3v) is 10.3. The molecule has 3 heterocycles. The number of fused-ring (bicyclic) bond motifs is 5. The first-order valence-corrected chi connectivity index (χ1v) is 16.2. The van der Waals surface area contributed by atoms with Crippen LogP contribution in [0.1, 0.15) is 102 Å². The van der Waals surface area contributed by atoms with E-state index in [0.717, 1.165) is 35.7 Å². The summed E-state index contributed by atoms with van der Waals surface area (Å²) in [7, 11) is 1.57. The van der Waals surface area contributed by atoms with Gasteiger partial charge in [0.05, 0.1) is 24.1 Å². The Hall–Kier alpha value is -2.78. The molecule has 2 aliphatic carbocycles. The van der Waals surface area contributed by atoms with E-state index in [9.17, 15) is 14.7 Å². The number of para-hydroxylation sites is 2. The molecule has 2 aromatic rings. The predicted molar refractivity (Wildman–Crippen MR) is 162 cm³/mol. The molecule has 2 saturated heterocycles. The van der Waals surface area contributed by atoms with Crippen LogP contribution in [0.4, 0.5) is 0 Å². The number of aromatic nitrogens is 2. The van der Waals surface area contributed by atoms with Gasteiger partial charge in [0.1, 0.15) is 12.3 Å². The SMILES string of the molecule is COCCO/N=C(\CCC(=O)O)c1nc2ccccc2n([C@H]2C[C@H]3CCC[C@@H](C2)N3C2CC3CCCCC(C3)C2)c1=O. The van der Waals surface area contributed by atoms with Gasteiger partial charge in [-0.1, -0.05) is 49.4 Å². The Kier molecular flexibility index (Phi) is 9.24. The first kappa shape index (κ1) is 29.3. The largest absolute Gasteiger partial charge is 0.481 e. The maximum Gasteiger partial charge on any atom is 0.303 e. The van der Waals surface area contributed by atoms with Crippen molar-refractivity contribution in [2.45, 2.75) is 114 Å². The van der Waals surface area contributed by atoms with Crippen LogP contribution in [0.25, 0.3) is 11.0 Å². The van der Waals surface area contributed by atoms with Crippen LogP contribution >= 0.6 is 0 Å². The van der Waals surface area contributed by atoms with Gasteiger partial charge in [0, 0.05) is 37.7 Å². The minimum atomic E-state index is -0.955. The molecule has 1 N–H and O–H groups in total. The van der Waals surface area contributed by atoms with Gasteiger partial charge in [-0.25, -0.2) is 4.98 Å². The van der Waals surface area contributed by atoms with Crippen molar-refractivity contribution >= 4 is 22.7 Å². The number of ether oxygens (including phenoxy) is 1. The molecular weight excluding hydrogens is 532 g/mol. The molecule has 4 aliphatic rings. The van der Waals surface area contributed by atoms with Gasteiger partial charge in [-0.05, 0) is 68.9 Å². The molecule has 4 fully saturated rings. The lowest BCUT2D eigenvalue weighted by molar-refractivity contribution is -0.136. The number of hydrogen-bond donors (Lipinski definition) is 1. The van der Waals surface area contributed by atoms with Crippen molar-refractivity contribution in [2.24, 2.45) is 17.0 Å². The number of hydrogen-bond acceptors (Lipinski definition) is 7. The number of piperidine rings is 2. The first-order valence-electron chi connectivity index (χ1n) is 16.2. The Morgan fingerprint density at radius 1 is 0.905 bits per heavy atom. The van der Waals surface area contributed by atoms with E-state index in [0.29, 0.717) is 24.7 Å². The topological polar surface area (TPSA) is 106 Å². The Bertz CT molecular complexity index is 1310. The molecule has 1 aromatic heterocycles. The van der Waals surface area contributed by atoms with Crippen molar-refractivity contribution in [1.82, 2.24) is 14.5 Å². The van der Waals surface area contributed by atoms with Gasteiger partial charge in [-0.3, -0.25) is 14.5 Å². The highest BCUT2D eigenvalue weighted by Gasteiger charge is 2.45. The van der Waals surface area contributed by atoms with E-state index in [4.69, 9.17) is 14.6 Å². The van der Waals surface area contributed by atoms with Gasteiger partial charge in [0.15, 0.2) is 5.69 Å². The summed E-state index contributed by atoms with van der Waals surface area (Å²) in [6.07, 6.45) is 15.2. The summed E-state index contributed by atoms with van der Waals surface area (Å²) < 4.78 is 7.01. The zero-order chi connectivity index (χ0) is 29.1. The van der Waals surface area contributed by atoms with Crippen molar-refractivity contribution in [3.8, 4) is 0 Å². The fraction of sp³-hybridized carbons (Fsp3) is 0.697. The summed E-state index contributed by atoms with van der Waals surface area (Å²) in [5.74, 6) is 0.820. The highest BCUT2D eigenvalue weighted by molar-refractivity contribution is 6.00. The van der Waals surface area contributed by atoms with Crippen molar-refractivity contribution < 1.29 is 19.5 Å². The number of nitrogens with zero attached hydrogens (tertiary/aromatic N) is 4. The Morgan fingerprint density at radius 3 is 2.31 bits per heavy atom. The molecule has 2 unspecified atom stereocenters.